The summed E-state index contributed by atoms with van der Waals surface area (Å²) in [4.78, 5) is 10.3. The first-order valence-electron chi connectivity index (χ1n) is 11.6. The highest BCUT2D eigenvalue weighted by molar-refractivity contribution is 6.22. The molecule has 1 aromatic heterocycles. The van der Waals surface area contributed by atoms with Crippen molar-refractivity contribution in [1.82, 2.24) is 9.88 Å². The van der Waals surface area contributed by atoms with Crippen molar-refractivity contribution >= 4 is 28.0 Å². The number of aromatic amines is 1. The van der Waals surface area contributed by atoms with Crippen LogP contribution in [0.15, 0.2) is 108 Å². The molecule has 0 spiro atoms. The van der Waals surface area contributed by atoms with Crippen LogP contribution >= 0.6 is 0 Å². The topological polar surface area (TPSA) is 77.6 Å². The van der Waals surface area contributed by atoms with Crippen LogP contribution in [0, 0.1) is 0 Å². The average molecular weight is 461 g/mol. The molecule has 5 nitrogen and oxygen atoms in total. The van der Waals surface area contributed by atoms with Crippen LogP contribution in [0.5, 0.6) is 5.88 Å². The molecule has 5 heteroatoms. The normalized spacial score (nSPS) is 11.9. The highest BCUT2D eigenvalue weighted by Gasteiger charge is 2.18. The van der Waals surface area contributed by atoms with E-state index in [4.69, 9.17) is 10.7 Å². The maximum Gasteiger partial charge on any atom is 0.199 e. The number of nitrogens with one attached hydrogen (secondary N) is 1. The fraction of sp³-hybridized carbons (Fsp3) is 0.100. The standard InChI is InChI=1S/C30H28N4O/c1-34(19-21-8-4-2-5-9-21)20-22-12-15-25(16-13-22)32-29(23-10-6-3-7-11-23)28-26-18-24(31)14-17-27(26)33-30(28)35/h2-18,33,35H,19-20,31H2,1H3. The molecule has 0 amide bonds. The van der Waals surface area contributed by atoms with Crippen molar-refractivity contribution in [2.75, 3.05) is 12.8 Å². The average Bonchev–Trinajstić information content (AvgIpc) is 3.19. The Kier molecular flexibility index (Phi) is 6.33. The summed E-state index contributed by atoms with van der Waals surface area (Å²) in [5.74, 6) is 0.0763. The van der Waals surface area contributed by atoms with Gasteiger partial charge in [0.15, 0.2) is 5.88 Å². The largest absolute Gasteiger partial charge is 0.494 e. The Morgan fingerprint density at radius 3 is 2.14 bits per heavy atom. The zero-order valence-corrected chi connectivity index (χ0v) is 19.6. The SMILES string of the molecule is CN(Cc1ccccc1)Cc1ccc(N=C(c2ccccc2)c2c(O)[nH]c3ccc(N)cc23)cc1. The van der Waals surface area contributed by atoms with Crippen molar-refractivity contribution in [3.8, 4) is 5.88 Å². The first-order chi connectivity index (χ1) is 17.1. The van der Waals surface area contributed by atoms with Crippen LogP contribution in [-0.2, 0) is 13.1 Å². The molecule has 5 aromatic rings. The second-order valence-corrected chi connectivity index (χ2v) is 8.80. The van der Waals surface area contributed by atoms with E-state index in [0.717, 1.165) is 35.2 Å². The van der Waals surface area contributed by atoms with Crippen molar-refractivity contribution in [2.45, 2.75) is 13.1 Å². The Hall–Kier alpha value is -4.35. The fourth-order valence-electron chi connectivity index (χ4n) is 4.36. The summed E-state index contributed by atoms with van der Waals surface area (Å²) >= 11 is 0. The third-order valence-corrected chi connectivity index (χ3v) is 6.01. The highest BCUT2D eigenvalue weighted by atomic mass is 16.3. The first-order valence-corrected chi connectivity index (χ1v) is 11.6. The number of nitrogens with two attached hydrogens (primary N) is 1. The lowest BCUT2D eigenvalue weighted by atomic mass is 10.0. The lowest BCUT2D eigenvalue weighted by molar-refractivity contribution is 0.319. The Balaban J connectivity index is 1.46. The van der Waals surface area contributed by atoms with Gasteiger partial charge in [-0.05, 0) is 48.5 Å². The van der Waals surface area contributed by atoms with Gasteiger partial charge in [-0.3, -0.25) is 4.90 Å². The van der Waals surface area contributed by atoms with Gasteiger partial charge in [0, 0.05) is 35.2 Å². The summed E-state index contributed by atoms with van der Waals surface area (Å²) in [6.07, 6.45) is 0. The second kappa shape index (κ2) is 9.87. The number of hydrogen-bond donors (Lipinski definition) is 3. The zero-order valence-electron chi connectivity index (χ0n) is 19.6. The number of nitrogen functional groups attached to an aromatic ring is 1. The molecule has 0 bridgehead atoms. The van der Waals surface area contributed by atoms with E-state index in [9.17, 15) is 5.11 Å². The van der Waals surface area contributed by atoms with E-state index >= 15 is 0 Å². The van der Waals surface area contributed by atoms with Crippen LogP contribution in [0.1, 0.15) is 22.3 Å². The molecule has 35 heavy (non-hydrogen) atoms. The number of rotatable bonds is 7. The van der Waals surface area contributed by atoms with Crippen molar-refractivity contribution in [2.24, 2.45) is 4.99 Å². The van der Waals surface area contributed by atoms with Crippen LogP contribution < -0.4 is 5.73 Å². The van der Waals surface area contributed by atoms with Crippen LogP contribution in [0.3, 0.4) is 0 Å². The molecular weight excluding hydrogens is 432 g/mol. The first kappa shape index (κ1) is 22.4. The van der Waals surface area contributed by atoms with Crippen LogP contribution in [0.4, 0.5) is 11.4 Å². The number of fused-ring (bicyclic) bond motifs is 1. The summed E-state index contributed by atoms with van der Waals surface area (Å²) < 4.78 is 0. The van der Waals surface area contributed by atoms with Gasteiger partial charge in [-0.25, -0.2) is 4.99 Å². The van der Waals surface area contributed by atoms with Crippen LogP contribution in [-0.4, -0.2) is 27.7 Å². The number of benzene rings is 4. The smallest absolute Gasteiger partial charge is 0.199 e. The number of anilines is 1. The van der Waals surface area contributed by atoms with Crippen molar-refractivity contribution < 1.29 is 5.11 Å². The number of nitrogens with zero attached hydrogens (tertiary/aromatic N) is 2. The minimum atomic E-state index is 0.0763. The lowest BCUT2D eigenvalue weighted by Crippen LogP contribution is -2.17. The number of hydrogen-bond acceptors (Lipinski definition) is 4. The molecule has 0 radical (unpaired) electrons. The third-order valence-electron chi connectivity index (χ3n) is 6.01. The number of aromatic nitrogens is 1. The van der Waals surface area contributed by atoms with Gasteiger partial charge in [0.1, 0.15) is 0 Å². The van der Waals surface area contributed by atoms with E-state index in [0.29, 0.717) is 17.0 Å². The van der Waals surface area contributed by atoms with Crippen molar-refractivity contribution in [3.05, 3.63) is 125 Å². The lowest BCUT2D eigenvalue weighted by Gasteiger charge is -2.17. The summed E-state index contributed by atoms with van der Waals surface area (Å²) in [7, 11) is 2.12. The molecular formula is C30H28N4O. The Labute approximate surface area is 205 Å². The van der Waals surface area contributed by atoms with E-state index < -0.39 is 0 Å². The molecule has 1 heterocycles. The minimum absolute atomic E-state index is 0.0763. The molecule has 4 N–H and O–H groups in total. The van der Waals surface area contributed by atoms with E-state index in [1.165, 1.54) is 11.1 Å². The fourth-order valence-corrected chi connectivity index (χ4v) is 4.36. The molecule has 0 saturated heterocycles. The molecule has 174 valence electrons. The van der Waals surface area contributed by atoms with E-state index in [1.54, 1.807) is 0 Å². The van der Waals surface area contributed by atoms with Crippen LogP contribution in [0.25, 0.3) is 10.9 Å². The molecule has 0 fully saturated rings. The predicted octanol–water partition coefficient (Wildman–Crippen LogP) is 6.26. The summed E-state index contributed by atoms with van der Waals surface area (Å²) in [6.45, 7) is 1.73. The highest BCUT2D eigenvalue weighted by Crippen LogP contribution is 2.32. The Morgan fingerprint density at radius 2 is 1.46 bits per heavy atom. The molecule has 0 aliphatic rings. The minimum Gasteiger partial charge on any atom is -0.494 e. The van der Waals surface area contributed by atoms with Crippen molar-refractivity contribution in [1.29, 1.82) is 0 Å². The van der Waals surface area contributed by atoms with Crippen LogP contribution in [0.2, 0.25) is 0 Å². The van der Waals surface area contributed by atoms with Gasteiger partial charge in [-0.1, -0.05) is 72.8 Å². The maximum atomic E-state index is 10.8. The van der Waals surface area contributed by atoms with Crippen molar-refractivity contribution in [3.63, 3.8) is 0 Å². The zero-order chi connectivity index (χ0) is 24.2. The Morgan fingerprint density at radius 1 is 0.829 bits per heavy atom. The van der Waals surface area contributed by atoms with Gasteiger partial charge in [0.05, 0.1) is 17.0 Å². The van der Waals surface area contributed by atoms with Gasteiger partial charge in [-0.2, -0.15) is 0 Å². The predicted molar refractivity (Wildman–Crippen MR) is 144 cm³/mol. The summed E-state index contributed by atoms with van der Waals surface area (Å²) in [6, 6.07) is 34.2. The van der Waals surface area contributed by atoms with Gasteiger partial charge < -0.3 is 15.8 Å². The van der Waals surface area contributed by atoms with Gasteiger partial charge in [-0.15, -0.1) is 0 Å². The number of H-pyrrole nitrogens is 1. The Bertz CT molecular complexity index is 1460. The molecule has 0 aliphatic carbocycles. The molecule has 0 unspecified atom stereocenters. The molecule has 5 rings (SSSR count). The van der Waals surface area contributed by atoms with E-state index in [-0.39, 0.29) is 5.88 Å². The number of aliphatic imine (C=N–C) groups is 1. The number of aromatic hydroxyl groups is 1. The third kappa shape index (κ3) is 5.10. The van der Waals surface area contributed by atoms with Gasteiger partial charge in [0.2, 0.25) is 0 Å². The van der Waals surface area contributed by atoms with Gasteiger partial charge >= 0.3 is 0 Å². The maximum absolute atomic E-state index is 10.8. The quantitative estimate of drug-likeness (QED) is 0.198. The van der Waals surface area contributed by atoms with E-state index in [2.05, 4.69) is 53.3 Å². The summed E-state index contributed by atoms with van der Waals surface area (Å²) in [5, 5.41) is 11.7. The van der Waals surface area contributed by atoms with E-state index in [1.807, 2.05) is 66.7 Å². The second-order valence-electron chi connectivity index (χ2n) is 8.80. The van der Waals surface area contributed by atoms with Gasteiger partial charge in [0.25, 0.3) is 0 Å². The molecule has 0 aliphatic heterocycles. The summed E-state index contributed by atoms with van der Waals surface area (Å²) in [5.41, 5.74) is 13.1. The molecule has 0 saturated carbocycles. The molecule has 0 atom stereocenters. The monoisotopic (exact) mass is 460 g/mol. The molecule has 4 aromatic carbocycles.